The van der Waals surface area contributed by atoms with Crippen LogP contribution < -0.4 is 9.64 Å². The van der Waals surface area contributed by atoms with Crippen LogP contribution in [0.4, 0.5) is 10.6 Å². The number of ether oxygens (including phenoxy) is 2. The van der Waals surface area contributed by atoms with Crippen molar-refractivity contribution in [3.8, 4) is 16.9 Å². The van der Waals surface area contributed by atoms with Crippen molar-refractivity contribution in [2.75, 3.05) is 31.6 Å². The molecule has 0 unspecified atom stereocenters. The molecule has 2 aliphatic carbocycles. The lowest BCUT2D eigenvalue weighted by molar-refractivity contribution is -0.124. The minimum Gasteiger partial charge on any atom is -0.495 e. The van der Waals surface area contributed by atoms with Gasteiger partial charge in [0.25, 0.3) is 0 Å². The van der Waals surface area contributed by atoms with E-state index in [1.807, 2.05) is 47.1 Å². The van der Waals surface area contributed by atoms with Crippen molar-refractivity contribution in [2.24, 2.45) is 17.8 Å². The molecule has 10 heteroatoms. The van der Waals surface area contributed by atoms with Crippen molar-refractivity contribution >= 4 is 17.8 Å². The van der Waals surface area contributed by atoms with Crippen molar-refractivity contribution in [1.29, 1.82) is 0 Å². The summed E-state index contributed by atoms with van der Waals surface area (Å²) in [5, 5.41) is 4.54. The molecule has 258 valence electrons. The molecule has 0 aromatic carbocycles. The molecule has 0 radical (unpaired) electrons. The summed E-state index contributed by atoms with van der Waals surface area (Å²) in [6, 6.07) is 8.42. The molecular weight excluding hydrogens is 604 g/mol. The van der Waals surface area contributed by atoms with Gasteiger partial charge in [0, 0.05) is 61.2 Å². The summed E-state index contributed by atoms with van der Waals surface area (Å²) in [5.41, 5.74) is 4.07. The molecule has 48 heavy (non-hydrogen) atoms. The molecule has 0 atom stereocenters. The van der Waals surface area contributed by atoms with Crippen LogP contribution in [0.3, 0.4) is 0 Å². The van der Waals surface area contributed by atoms with E-state index in [-0.39, 0.29) is 30.1 Å². The highest BCUT2D eigenvalue weighted by molar-refractivity contribution is 5.94. The quantitative estimate of drug-likeness (QED) is 0.222. The first-order valence-corrected chi connectivity index (χ1v) is 18.0. The predicted octanol–water partition coefficient (Wildman–Crippen LogP) is 7.58. The largest absolute Gasteiger partial charge is 0.495 e. The number of amides is 2. The summed E-state index contributed by atoms with van der Waals surface area (Å²) in [6.07, 6.45) is 13.5. The summed E-state index contributed by atoms with van der Waals surface area (Å²) >= 11 is 0. The second-order valence-electron chi connectivity index (χ2n) is 14.4. The van der Waals surface area contributed by atoms with Crippen LogP contribution in [0.1, 0.15) is 102 Å². The first-order chi connectivity index (χ1) is 23.2. The lowest BCUT2D eigenvalue weighted by Gasteiger charge is -2.39. The number of methoxy groups -OCH3 is 1. The number of nitrogens with zero attached hydrogens (tertiary/aromatic N) is 6. The Bertz CT molecular complexity index is 1550. The highest BCUT2D eigenvalue weighted by atomic mass is 16.6. The fourth-order valence-electron chi connectivity index (χ4n) is 7.56. The molecule has 0 bridgehead atoms. The van der Waals surface area contributed by atoms with E-state index in [0.29, 0.717) is 55.8 Å². The van der Waals surface area contributed by atoms with E-state index < -0.39 is 0 Å². The van der Waals surface area contributed by atoms with Gasteiger partial charge in [-0.05, 0) is 120 Å². The van der Waals surface area contributed by atoms with Crippen molar-refractivity contribution in [3.05, 3.63) is 54.2 Å². The van der Waals surface area contributed by atoms with Crippen molar-refractivity contribution in [2.45, 2.75) is 104 Å². The summed E-state index contributed by atoms with van der Waals surface area (Å²) in [4.78, 5) is 40.4. The zero-order chi connectivity index (χ0) is 33.8. The summed E-state index contributed by atoms with van der Waals surface area (Å²) in [7, 11) is 1.68. The molecule has 3 aliphatic rings. The number of pyridine rings is 2. The van der Waals surface area contributed by atoms with Gasteiger partial charge in [-0.15, -0.1) is 0 Å². The number of hydrogen-bond acceptors (Lipinski definition) is 7. The fraction of sp³-hybridized carbons (Fsp3) is 0.605. The Balaban J connectivity index is 1.14. The second kappa shape index (κ2) is 15.1. The van der Waals surface area contributed by atoms with E-state index in [2.05, 4.69) is 38.1 Å². The zero-order valence-electron chi connectivity index (χ0n) is 29.3. The fourth-order valence-corrected chi connectivity index (χ4v) is 7.56. The number of anilines is 1. The second-order valence-corrected chi connectivity index (χ2v) is 14.4. The molecule has 0 spiro atoms. The minimum absolute atomic E-state index is 0.120. The monoisotopic (exact) mass is 656 g/mol. The van der Waals surface area contributed by atoms with Crippen LogP contribution in [0.2, 0.25) is 0 Å². The van der Waals surface area contributed by atoms with Crippen LogP contribution in [0.5, 0.6) is 5.75 Å². The lowest BCUT2D eigenvalue weighted by Crippen LogP contribution is -2.50. The average Bonchev–Trinajstić information content (AvgIpc) is 3.58. The number of hydrogen-bond donors (Lipinski definition) is 0. The van der Waals surface area contributed by atoms with Gasteiger partial charge in [0.15, 0.2) is 0 Å². The van der Waals surface area contributed by atoms with Gasteiger partial charge in [0.2, 0.25) is 5.91 Å². The molecule has 2 saturated carbocycles. The van der Waals surface area contributed by atoms with E-state index in [4.69, 9.17) is 19.4 Å². The summed E-state index contributed by atoms with van der Waals surface area (Å²) < 4.78 is 13.2. The van der Waals surface area contributed by atoms with Crippen molar-refractivity contribution < 1.29 is 19.1 Å². The van der Waals surface area contributed by atoms with Gasteiger partial charge in [-0.2, -0.15) is 5.10 Å². The Morgan fingerprint density at radius 2 is 1.73 bits per heavy atom. The lowest BCUT2D eigenvalue weighted by atomic mass is 9.79. The summed E-state index contributed by atoms with van der Waals surface area (Å²) in [6.45, 7) is 10.6. The Morgan fingerprint density at radius 3 is 2.38 bits per heavy atom. The molecule has 4 heterocycles. The van der Waals surface area contributed by atoms with Gasteiger partial charge < -0.3 is 14.4 Å². The number of carbonyl (C=O) groups is 2. The van der Waals surface area contributed by atoms with Gasteiger partial charge >= 0.3 is 6.09 Å². The molecule has 3 aromatic heterocycles. The molecule has 6 rings (SSSR count). The molecule has 1 aliphatic heterocycles. The maximum atomic E-state index is 14.4. The molecule has 1 saturated heterocycles. The van der Waals surface area contributed by atoms with Crippen molar-refractivity contribution in [1.82, 2.24) is 24.6 Å². The molecule has 3 aromatic rings. The number of likely N-dealkylation sites (tertiary alicyclic amines) is 1. The van der Waals surface area contributed by atoms with Gasteiger partial charge in [-0.25, -0.2) is 9.78 Å². The van der Waals surface area contributed by atoms with Crippen LogP contribution in [-0.4, -0.2) is 69.5 Å². The van der Waals surface area contributed by atoms with E-state index in [0.717, 1.165) is 73.5 Å². The molecule has 3 fully saturated rings. The maximum Gasteiger partial charge on any atom is 0.410 e. The van der Waals surface area contributed by atoms with Crippen LogP contribution in [-0.2, 0) is 9.53 Å². The van der Waals surface area contributed by atoms with Crippen LogP contribution in [0.15, 0.2) is 42.9 Å². The smallest absolute Gasteiger partial charge is 0.410 e. The number of aryl methyl sites for hydroxylation is 1. The van der Waals surface area contributed by atoms with Gasteiger partial charge in [0.1, 0.15) is 17.7 Å². The van der Waals surface area contributed by atoms with E-state index >= 15 is 0 Å². The average molecular weight is 657 g/mol. The van der Waals surface area contributed by atoms with Gasteiger partial charge in [-0.3, -0.25) is 19.4 Å². The van der Waals surface area contributed by atoms with E-state index in [9.17, 15) is 9.59 Å². The van der Waals surface area contributed by atoms with E-state index in [1.54, 1.807) is 12.0 Å². The van der Waals surface area contributed by atoms with Gasteiger partial charge in [-0.1, -0.05) is 6.92 Å². The predicted molar refractivity (Wildman–Crippen MR) is 186 cm³/mol. The topological polar surface area (TPSA) is 103 Å². The molecule has 2 amide bonds. The minimum atomic E-state index is -0.200. The maximum absolute atomic E-state index is 14.4. The Hall–Kier alpha value is -3.95. The number of aromatic nitrogens is 4. The molecular formula is C38H52N6O4. The van der Waals surface area contributed by atoms with Crippen LogP contribution in [0.25, 0.3) is 11.1 Å². The Morgan fingerprint density at radius 1 is 0.979 bits per heavy atom. The normalized spacial score (nSPS) is 23.1. The van der Waals surface area contributed by atoms with Crippen LogP contribution >= 0.6 is 0 Å². The third kappa shape index (κ3) is 7.68. The number of rotatable bonds is 10. The first-order valence-electron chi connectivity index (χ1n) is 18.0. The third-order valence-electron chi connectivity index (χ3n) is 10.8. The highest BCUT2D eigenvalue weighted by Gasteiger charge is 2.36. The first kappa shape index (κ1) is 33.9. The Kier molecular flexibility index (Phi) is 10.7. The highest BCUT2D eigenvalue weighted by Crippen LogP contribution is 2.38. The van der Waals surface area contributed by atoms with Gasteiger partial charge in [0.05, 0.1) is 19.0 Å². The van der Waals surface area contributed by atoms with E-state index in [1.165, 1.54) is 0 Å². The third-order valence-corrected chi connectivity index (χ3v) is 10.8. The molecule has 10 nitrogen and oxygen atoms in total. The standard InChI is InChI=1S/C38H52N6O4/c1-6-27-21-42(22-27)38(46)48-33-13-11-30(12-14-33)37(45)43(36-19-31(17-18-39-36)32-20-40-44(24-32)25(2)3)23-28-7-9-29(10-8-28)34-15-16-35(47-5)26(4)41-34/h15-20,24-25,27-30,33H,6-14,21-23H2,1-5H3. The zero-order valence-corrected chi connectivity index (χ0v) is 29.3. The van der Waals surface area contributed by atoms with Crippen molar-refractivity contribution in [3.63, 3.8) is 0 Å². The van der Waals surface area contributed by atoms with Crippen LogP contribution in [0, 0.1) is 24.7 Å². The SMILES string of the molecule is CCC1CN(C(=O)OC2CCC(C(=O)N(CC3CCC(c4ccc(OC)c(C)n4)CC3)c3cc(-c4cnn(C(C)C)c4)ccn3)CC2)C1. The molecule has 0 N–H and O–H groups in total. The Labute approximate surface area is 285 Å². The number of carbonyl (C=O) groups excluding carboxylic acids is 2. The summed E-state index contributed by atoms with van der Waals surface area (Å²) in [5.74, 6) is 2.91.